The molecule has 1 saturated carbocycles. The number of halogens is 2. The number of nitrogens with one attached hydrogen (secondary N) is 1. The molecule has 4 aromatic rings. The van der Waals surface area contributed by atoms with E-state index in [2.05, 4.69) is 15.3 Å². The molecule has 1 fully saturated rings. The monoisotopic (exact) mass is 603 g/mol. The van der Waals surface area contributed by atoms with Crippen LogP contribution in [0.15, 0.2) is 60.9 Å². The Morgan fingerprint density at radius 3 is 2.55 bits per heavy atom. The third-order valence-corrected chi connectivity index (χ3v) is 7.63. The van der Waals surface area contributed by atoms with Crippen LogP contribution in [-0.2, 0) is 6.54 Å². The fourth-order valence-corrected chi connectivity index (χ4v) is 5.03. The van der Waals surface area contributed by atoms with E-state index in [9.17, 15) is 18.7 Å². The number of nitrogen functional groups attached to an aromatic ring is 1. The van der Waals surface area contributed by atoms with Gasteiger partial charge in [0, 0.05) is 30.9 Å². The summed E-state index contributed by atoms with van der Waals surface area (Å²) in [6.07, 6.45) is 3.28. The van der Waals surface area contributed by atoms with E-state index in [1.54, 1.807) is 20.1 Å². The van der Waals surface area contributed by atoms with Crippen LogP contribution >= 0.6 is 0 Å². The molecular formula is C33H35F2N5O4. The van der Waals surface area contributed by atoms with Crippen LogP contribution in [-0.4, -0.2) is 59.3 Å². The van der Waals surface area contributed by atoms with E-state index >= 15 is 0 Å². The van der Waals surface area contributed by atoms with Gasteiger partial charge in [-0.1, -0.05) is 18.2 Å². The molecule has 1 aromatic heterocycles. The lowest BCUT2D eigenvalue weighted by Gasteiger charge is -2.22. The van der Waals surface area contributed by atoms with E-state index in [-0.39, 0.29) is 41.7 Å². The topological polar surface area (TPSA) is 123 Å². The van der Waals surface area contributed by atoms with E-state index in [0.717, 1.165) is 29.7 Å². The summed E-state index contributed by atoms with van der Waals surface area (Å²) < 4.78 is 41.0. The highest BCUT2D eigenvalue weighted by atomic mass is 19.1. The quantitative estimate of drug-likeness (QED) is 0.188. The van der Waals surface area contributed by atoms with Crippen LogP contribution in [0.3, 0.4) is 0 Å². The highest BCUT2D eigenvalue weighted by molar-refractivity contribution is 6.05. The van der Waals surface area contributed by atoms with Gasteiger partial charge in [0.1, 0.15) is 36.0 Å². The Morgan fingerprint density at radius 2 is 1.86 bits per heavy atom. The van der Waals surface area contributed by atoms with Crippen molar-refractivity contribution >= 4 is 17.4 Å². The van der Waals surface area contributed by atoms with Crippen LogP contribution in [0.4, 0.5) is 20.3 Å². The molecule has 1 aliphatic carbocycles. The van der Waals surface area contributed by atoms with Crippen molar-refractivity contribution in [2.24, 2.45) is 0 Å². The molecule has 1 heterocycles. The SMILES string of the molecule is COc1ccc(CN(CCO)CCOc2c(N)ncnc2-c2cc(F)cc(NC(=O)c3ccc(C4CC4)cc3F)c2C)cc1. The maximum absolute atomic E-state index is 14.9. The summed E-state index contributed by atoms with van der Waals surface area (Å²) >= 11 is 0. The van der Waals surface area contributed by atoms with Crippen LogP contribution < -0.4 is 20.5 Å². The van der Waals surface area contributed by atoms with Gasteiger partial charge in [-0.15, -0.1) is 0 Å². The highest BCUT2D eigenvalue weighted by Gasteiger charge is 2.25. The second-order valence-electron chi connectivity index (χ2n) is 10.7. The molecule has 230 valence electrons. The highest BCUT2D eigenvalue weighted by Crippen LogP contribution is 2.40. The third-order valence-electron chi connectivity index (χ3n) is 7.63. The Balaban J connectivity index is 1.33. The molecule has 0 unspecified atom stereocenters. The van der Waals surface area contributed by atoms with Crippen LogP contribution in [0.1, 0.15) is 45.8 Å². The first kappa shape index (κ1) is 30.8. The van der Waals surface area contributed by atoms with Crippen LogP contribution in [0.2, 0.25) is 0 Å². The lowest BCUT2D eigenvalue weighted by atomic mass is 10.0. The number of hydrogen-bond acceptors (Lipinski definition) is 8. The van der Waals surface area contributed by atoms with Gasteiger partial charge in [0.2, 0.25) is 0 Å². The third kappa shape index (κ3) is 7.29. The van der Waals surface area contributed by atoms with Gasteiger partial charge < -0.3 is 25.6 Å². The molecular weight excluding hydrogens is 568 g/mol. The second kappa shape index (κ2) is 13.8. The number of aliphatic hydroxyl groups is 1. The van der Waals surface area contributed by atoms with Crippen molar-refractivity contribution in [1.82, 2.24) is 14.9 Å². The molecule has 0 saturated heterocycles. The number of anilines is 2. The van der Waals surface area contributed by atoms with Crippen LogP contribution in [0.25, 0.3) is 11.3 Å². The molecule has 4 N–H and O–H groups in total. The molecule has 0 bridgehead atoms. The van der Waals surface area contributed by atoms with Gasteiger partial charge in [-0.05, 0) is 78.8 Å². The zero-order valence-corrected chi connectivity index (χ0v) is 24.6. The Kier molecular flexibility index (Phi) is 9.66. The minimum atomic E-state index is -0.691. The normalized spacial score (nSPS) is 12.8. The predicted molar refractivity (Wildman–Crippen MR) is 164 cm³/mol. The summed E-state index contributed by atoms with van der Waals surface area (Å²) in [6, 6.07) is 14.7. The fourth-order valence-electron chi connectivity index (χ4n) is 5.03. The number of rotatable bonds is 13. The van der Waals surface area contributed by atoms with Gasteiger partial charge in [-0.2, -0.15) is 0 Å². The summed E-state index contributed by atoms with van der Waals surface area (Å²) in [4.78, 5) is 23.4. The maximum atomic E-state index is 14.9. The van der Waals surface area contributed by atoms with Crippen LogP contribution in [0, 0.1) is 18.6 Å². The molecule has 5 rings (SSSR count). The van der Waals surface area contributed by atoms with Crippen molar-refractivity contribution < 1.29 is 28.2 Å². The van der Waals surface area contributed by atoms with Crippen molar-refractivity contribution in [3.8, 4) is 22.8 Å². The zero-order chi connectivity index (χ0) is 31.2. The van der Waals surface area contributed by atoms with E-state index in [1.165, 1.54) is 30.6 Å². The Bertz CT molecular complexity index is 1630. The van der Waals surface area contributed by atoms with Crippen molar-refractivity contribution in [2.45, 2.75) is 32.2 Å². The van der Waals surface area contributed by atoms with Crippen molar-refractivity contribution in [1.29, 1.82) is 0 Å². The Hall–Kier alpha value is -4.61. The van der Waals surface area contributed by atoms with E-state index in [0.29, 0.717) is 36.7 Å². The minimum absolute atomic E-state index is 0.0382. The van der Waals surface area contributed by atoms with Gasteiger partial charge in [0.05, 0.1) is 19.3 Å². The van der Waals surface area contributed by atoms with Gasteiger partial charge in [0.25, 0.3) is 5.91 Å². The molecule has 0 aliphatic heterocycles. The molecule has 11 heteroatoms. The molecule has 1 amide bonds. The first-order chi connectivity index (χ1) is 21.3. The second-order valence-corrected chi connectivity index (χ2v) is 10.7. The van der Waals surface area contributed by atoms with Gasteiger partial charge in [0.15, 0.2) is 11.6 Å². The number of amides is 1. The van der Waals surface area contributed by atoms with E-state index in [1.807, 2.05) is 29.2 Å². The average Bonchev–Trinajstić information content (AvgIpc) is 3.86. The van der Waals surface area contributed by atoms with E-state index < -0.39 is 17.5 Å². The van der Waals surface area contributed by atoms with Crippen molar-refractivity contribution in [2.75, 3.05) is 44.5 Å². The number of carbonyl (C=O) groups is 1. The smallest absolute Gasteiger partial charge is 0.258 e. The molecule has 0 spiro atoms. The molecule has 1 aliphatic rings. The average molecular weight is 604 g/mol. The summed E-state index contributed by atoms with van der Waals surface area (Å²) in [5.41, 5.74) is 9.18. The zero-order valence-electron chi connectivity index (χ0n) is 24.6. The predicted octanol–water partition coefficient (Wildman–Crippen LogP) is 5.32. The van der Waals surface area contributed by atoms with Gasteiger partial charge >= 0.3 is 0 Å². The number of ether oxygens (including phenoxy) is 2. The number of aliphatic hydroxyl groups excluding tert-OH is 1. The largest absolute Gasteiger partial charge is 0.497 e. The number of carbonyl (C=O) groups excluding carboxylic acids is 1. The first-order valence-corrected chi connectivity index (χ1v) is 14.4. The van der Waals surface area contributed by atoms with Gasteiger partial charge in [-0.25, -0.2) is 18.7 Å². The molecule has 9 nitrogen and oxygen atoms in total. The standard InChI is InChI=1S/C33H35F2N5O4/c1-20-27(16-24(34)17-29(20)39-33(42)26-10-7-23(15-28(26)35)22-5-6-22)30-31(32(36)38-19-37-30)44-14-12-40(11-13-41)18-21-3-8-25(43-2)9-4-21/h3-4,7-10,15-17,19,22,41H,5-6,11-14,18H2,1-2H3,(H,39,42)(H2,36,37,38). The lowest BCUT2D eigenvalue weighted by molar-refractivity contribution is 0.102. The minimum Gasteiger partial charge on any atom is -0.497 e. The maximum Gasteiger partial charge on any atom is 0.258 e. The lowest BCUT2D eigenvalue weighted by Crippen LogP contribution is -2.31. The number of aromatic nitrogens is 2. The summed E-state index contributed by atoms with van der Waals surface area (Å²) in [7, 11) is 1.61. The molecule has 3 aromatic carbocycles. The summed E-state index contributed by atoms with van der Waals surface area (Å²) in [5.74, 6) is -0.631. The van der Waals surface area contributed by atoms with Gasteiger partial charge in [-0.3, -0.25) is 9.69 Å². The molecule has 44 heavy (non-hydrogen) atoms. The Labute approximate surface area is 254 Å². The summed E-state index contributed by atoms with van der Waals surface area (Å²) in [6.45, 7) is 3.25. The number of methoxy groups -OCH3 is 1. The first-order valence-electron chi connectivity index (χ1n) is 14.4. The molecule has 0 atom stereocenters. The Morgan fingerprint density at radius 1 is 1.09 bits per heavy atom. The number of nitrogens with two attached hydrogens (primary N) is 1. The number of benzene rings is 3. The number of hydrogen-bond donors (Lipinski definition) is 3. The fraction of sp³-hybridized carbons (Fsp3) is 0.303. The number of nitrogens with zero attached hydrogens (tertiary/aromatic N) is 3. The summed E-state index contributed by atoms with van der Waals surface area (Å²) in [5, 5.41) is 12.2. The molecule has 0 radical (unpaired) electrons. The van der Waals surface area contributed by atoms with Crippen LogP contribution in [0.5, 0.6) is 11.5 Å². The van der Waals surface area contributed by atoms with E-state index in [4.69, 9.17) is 15.2 Å². The van der Waals surface area contributed by atoms with Crippen molar-refractivity contribution in [3.63, 3.8) is 0 Å². The van der Waals surface area contributed by atoms with Crippen molar-refractivity contribution in [3.05, 3.63) is 94.8 Å².